The van der Waals surface area contributed by atoms with E-state index in [1.165, 1.54) is 12.1 Å². The molecule has 4 rings (SSSR count). The number of halogens is 1. The van der Waals surface area contributed by atoms with Crippen molar-refractivity contribution in [2.45, 2.75) is 32.1 Å². The molecule has 0 N–H and O–H groups in total. The fourth-order valence-corrected chi connectivity index (χ4v) is 3.61. The Morgan fingerprint density at radius 2 is 1.97 bits per heavy atom. The van der Waals surface area contributed by atoms with Crippen LogP contribution in [0.3, 0.4) is 0 Å². The van der Waals surface area contributed by atoms with Crippen molar-refractivity contribution in [2.24, 2.45) is 0 Å². The smallest absolute Gasteiger partial charge is 0.209 e. The van der Waals surface area contributed by atoms with Crippen molar-refractivity contribution in [3.05, 3.63) is 72.0 Å². The van der Waals surface area contributed by atoms with Crippen molar-refractivity contribution < 1.29 is 18.3 Å². The number of nitrogens with zero attached hydrogens (tertiary/aromatic N) is 2. The van der Waals surface area contributed by atoms with Crippen LogP contribution in [0.4, 0.5) is 4.39 Å². The van der Waals surface area contributed by atoms with E-state index in [0.717, 1.165) is 37.2 Å². The summed E-state index contributed by atoms with van der Waals surface area (Å²) >= 11 is 0. The van der Waals surface area contributed by atoms with Gasteiger partial charge in [0.15, 0.2) is 5.76 Å². The predicted molar refractivity (Wildman–Crippen MR) is 108 cm³/mol. The molecule has 0 unspecified atom stereocenters. The normalized spacial score (nSPS) is 15.5. The SMILES string of the molecule is COc1ccccc1COC1CCN(Cc2ncc(-c3cccc(F)c3)o2)CC1. The van der Waals surface area contributed by atoms with Crippen LogP contribution in [0.5, 0.6) is 5.75 Å². The summed E-state index contributed by atoms with van der Waals surface area (Å²) in [5, 5.41) is 0. The number of hydrogen-bond acceptors (Lipinski definition) is 5. The lowest BCUT2D eigenvalue weighted by molar-refractivity contribution is -0.00585. The Balaban J connectivity index is 1.26. The number of likely N-dealkylation sites (tertiary alicyclic amines) is 1. The summed E-state index contributed by atoms with van der Waals surface area (Å²) in [6.07, 6.45) is 3.83. The molecular weight excluding hydrogens is 371 g/mol. The quantitative estimate of drug-likeness (QED) is 0.581. The van der Waals surface area contributed by atoms with E-state index in [0.29, 0.717) is 30.4 Å². The zero-order valence-corrected chi connectivity index (χ0v) is 16.5. The first kappa shape index (κ1) is 19.6. The molecule has 0 spiro atoms. The van der Waals surface area contributed by atoms with Crippen LogP contribution in [-0.4, -0.2) is 36.2 Å². The molecular formula is C23H25FN2O3. The third-order valence-corrected chi connectivity index (χ3v) is 5.22. The van der Waals surface area contributed by atoms with Crippen molar-refractivity contribution in [3.63, 3.8) is 0 Å². The molecule has 0 radical (unpaired) electrons. The Bertz CT molecular complexity index is 935. The van der Waals surface area contributed by atoms with Gasteiger partial charge in [0, 0.05) is 24.2 Å². The fraction of sp³-hybridized carbons (Fsp3) is 0.348. The van der Waals surface area contributed by atoms with Gasteiger partial charge in [0.2, 0.25) is 5.89 Å². The second-order valence-corrected chi connectivity index (χ2v) is 7.23. The van der Waals surface area contributed by atoms with E-state index in [1.54, 1.807) is 19.4 Å². The molecule has 0 aliphatic carbocycles. The van der Waals surface area contributed by atoms with E-state index in [2.05, 4.69) is 9.88 Å². The van der Waals surface area contributed by atoms with Crippen molar-refractivity contribution in [2.75, 3.05) is 20.2 Å². The highest BCUT2D eigenvalue weighted by Crippen LogP contribution is 2.24. The number of ether oxygens (including phenoxy) is 2. The number of hydrogen-bond donors (Lipinski definition) is 0. The Labute approximate surface area is 170 Å². The van der Waals surface area contributed by atoms with Crippen LogP contribution in [-0.2, 0) is 17.9 Å². The van der Waals surface area contributed by atoms with E-state index in [1.807, 2.05) is 30.3 Å². The zero-order chi connectivity index (χ0) is 20.1. The minimum Gasteiger partial charge on any atom is -0.496 e. The van der Waals surface area contributed by atoms with Crippen LogP contribution in [0.25, 0.3) is 11.3 Å². The lowest BCUT2D eigenvalue weighted by Gasteiger charge is -2.31. The summed E-state index contributed by atoms with van der Waals surface area (Å²) in [4.78, 5) is 6.66. The Kier molecular flexibility index (Phi) is 6.22. The maximum Gasteiger partial charge on any atom is 0.209 e. The molecule has 0 bridgehead atoms. The van der Waals surface area contributed by atoms with Gasteiger partial charge in [0.1, 0.15) is 11.6 Å². The van der Waals surface area contributed by atoms with E-state index >= 15 is 0 Å². The van der Waals surface area contributed by atoms with Gasteiger partial charge in [-0.15, -0.1) is 0 Å². The fourth-order valence-electron chi connectivity index (χ4n) is 3.61. The highest BCUT2D eigenvalue weighted by Gasteiger charge is 2.21. The van der Waals surface area contributed by atoms with Gasteiger partial charge in [0.05, 0.1) is 32.6 Å². The zero-order valence-electron chi connectivity index (χ0n) is 16.5. The number of oxazole rings is 1. The summed E-state index contributed by atoms with van der Waals surface area (Å²) < 4.78 is 30.7. The average Bonchev–Trinajstić information content (AvgIpc) is 3.22. The average molecular weight is 396 g/mol. The topological polar surface area (TPSA) is 47.7 Å². The summed E-state index contributed by atoms with van der Waals surface area (Å²) in [5.41, 5.74) is 1.77. The molecule has 0 amide bonds. The first-order chi connectivity index (χ1) is 14.2. The van der Waals surface area contributed by atoms with Gasteiger partial charge < -0.3 is 13.9 Å². The van der Waals surface area contributed by atoms with E-state index < -0.39 is 0 Å². The molecule has 6 heteroatoms. The molecule has 1 aromatic heterocycles. The van der Waals surface area contributed by atoms with Gasteiger partial charge in [-0.2, -0.15) is 0 Å². The number of methoxy groups -OCH3 is 1. The van der Waals surface area contributed by atoms with E-state index in [-0.39, 0.29) is 11.9 Å². The highest BCUT2D eigenvalue weighted by molar-refractivity contribution is 5.56. The molecule has 1 fully saturated rings. The third kappa shape index (κ3) is 5.02. The van der Waals surface area contributed by atoms with Gasteiger partial charge in [-0.3, -0.25) is 4.90 Å². The Hall–Kier alpha value is -2.70. The maximum absolute atomic E-state index is 13.4. The van der Waals surface area contributed by atoms with Crippen molar-refractivity contribution in [1.82, 2.24) is 9.88 Å². The molecule has 3 aromatic rings. The summed E-state index contributed by atoms with van der Waals surface area (Å²) in [6, 6.07) is 14.3. The molecule has 29 heavy (non-hydrogen) atoms. The molecule has 1 aliphatic heterocycles. The van der Waals surface area contributed by atoms with Crippen LogP contribution in [0.15, 0.2) is 59.1 Å². The summed E-state index contributed by atoms with van der Waals surface area (Å²) in [7, 11) is 1.68. The number of aromatic nitrogens is 1. The number of para-hydroxylation sites is 1. The highest BCUT2D eigenvalue weighted by atomic mass is 19.1. The lowest BCUT2D eigenvalue weighted by Crippen LogP contribution is -2.36. The molecule has 1 aliphatic rings. The monoisotopic (exact) mass is 396 g/mol. The largest absolute Gasteiger partial charge is 0.496 e. The molecule has 0 saturated carbocycles. The minimum absolute atomic E-state index is 0.239. The maximum atomic E-state index is 13.4. The molecule has 2 aromatic carbocycles. The van der Waals surface area contributed by atoms with Gasteiger partial charge in [-0.25, -0.2) is 9.37 Å². The van der Waals surface area contributed by atoms with Crippen LogP contribution in [0.2, 0.25) is 0 Å². The summed E-state index contributed by atoms with van der Waals surface area (Å²) in [6.45, 7) is 3.06. The molecule has 2 heterocycles. The van der Waals surface area contributed by atoms with Crippen molar-refractivity contribution in [1.29, 1.82) is 0 Å². The standard InChI is InChI=1S/C23H25FN2O3/c1-27-21-8-3-2-5-18(21)16-28-20-9-11-26(12-10-20)15-23-25-14-22(29-23)17-6-4-7-19(24)13-17/h2-8,13-14,20H,9-12,15-16H2,1H3. The van der Waals surface area contributed by atoms with Gasteiger partial charge in [-0.05, 0) is 31.0 Å². The van der Waals surface area contributed by atoms with E-state index in [4.69, 9.17) is 13.9 Å². The van der Waals surface area contributed by atoms with Crippen LogP contribution >= 0.6 is 0 Å². The first-order valence-electron chi connectivity index (χ1n) is 9.88. The number of rotatable bonds is 7. The second kappa shape index (κ2) is 9.20. The molecule has 1 saturated heterocycles. The lowest BCUT2D eigenvalue weighted by atomic mass is 10.1. The van der Waals surface area contributed by atoms with Crippen LogP contribution < -0.4 is 4.74 Å². The molecule has 0 atom stereocenters. The van der Waals surface area contributed by atoms with Crippen LogP contribution in [0, 0.1) is 5.82 Å². The Morgan fingerprint density at radius 1 is 1.14 bits per heavy atom. The van der Waals surface area contributed by atoms with Crippen LogP contribution in [0.1, 0.15) is 24.3 Å². The van der Waals surface area contributed by atoms with E-state index in [9.17, 15) is 4.39 Å². The number of benzene rings is 2. The van der Waals surface area contributed by atoms with Gasteiger partial charge in [-0.1, -0.05) is 30.3 Å². The molecule has 152 valence electrons. The predicted octanol–water partition coefficient (Wildman–Crippen LogP) is 4.67. The summed E-state index contributed by atoms with van der Waals surface area (Å²) in [5.74, 6) is 1.82. The van der Waals surface area contributed by atoms with Gasteiger partial charge >= 0.3 is 0 Å². The number of piperidine rings is 1. The third-order valence-electron chi connectivity index (χ3n) is 5.22. The van der Waals surface area contributed by atoms with Crippen molar-refractivity contribution in [3.8, 4) is 17.1 Å². The first-order valence-corrected chi connectivity index (χ1v) is 9.88. The molecule has 5 nitrogen and oxygen atoms in total. The second-order valence-electron chi connectivity index (χ2n) is 7.23. The van der Waals surface area contributed by atoms with Gasteiger partial charge in [0.25, 0.3) is 0 Å². The van der Waals surface area contributed by atoms with Crippen molar-refractivity contribution >= 4 is 0 Å². The minimum atomic E-state index is -0.282. The Morgan fingerprint density at radius 3 is 2.76 bits per heavy atom.